The van der Waals surface area contributed by atoms with Crippen molar-refractivity contribution in [3.8, 4) is 0 Å². The van der Waals surface area contributed by atoms with Gasteiger partial charge in [0, 0.05) is 18.5 Å². The molecule has 4 N–H and O–H groups in total. The highest BCUT2D eigenvalue weighted by molar-refractivity contribution is 5.97. The number of hydrogen-bond acceptors (Lipinski definition) is 7. The first kappa shape index (κ1) is 27.2. The maximum atomic E-state index is 12.8. The number of H-pyrrole nitrogens is 1. The second kappa shape index (κ2) is 12.0. The van der Waals surface area contributed by atoms with Crippen LogP contribution in [0.5, 0.6) is 0 Å². The number of carboxylic acid groups (broad SMARTS) is 1. The van der Waals surface area contributed by atoms with Gasteiger partial charge in [0.1, 0.15) is 24.1 Å². The van der Waals surface area contributed by atoms with Crippen molar-refractivity contribution < 1.29 is 33.8 Å². The SMILES string of the molecule is CC(C)(C)OC(=O)C(CNC(=O)c1ccc2nc(CCC(=O)O)[nH]c2c1)NC(=O)OCc1ccccc1. The van der Waals surface area contributed by atoms with Crippen molar-refractivity contribution in [3.63, 3.8) is 0 Å². The number of hydrogen-bond donors (Lipinski definition) is 4. The van der Waals surface area contributed by atoms with Crippen LogP contribution in [-0.4, -0.2) is 57.2 Å². The van der Waals surface area contributed by atoms with Gasteiger partial charge in [0.15, 0.2) is 0 Å². The van der Waals surface area contributed by atoms with E-state index < -0.39 is 35.6 Å². The third-order valence-corrected chi connectivity index (χ3v) is 5.03. The summed E-state index contributed by atoms with van der Waals surface area (Å²) in [6.45, 7) is 4.85. The Balaban J connectivity index is 1.64. The molecule has 0 saturated carbocycles. The zero-order valence-electron chi connectivity index (χ0n) is 20.9. The predicted molar refractivity (Wildman–Crippen MR) is 134 cm³/mol. The van der Waals surface area contributed by atoms with Crippen LogP contribution in [0.2, 0.25) is 0 Å². The average Bonchev–Trinajstić information content (AvgIpc) is 3.25. The lowest BCUT2D eigenvalue weighted by atomic mass is 10.1. The molecule has 11 nitrogen and oxygen atoms in total. The van der Waals surface area contributed by atoms with Crippen molar-refractivity contribution in [3.05, 3.63) is 65.5 Å². The van der Waals surface area contributed by atoms with Crippen LogP contribution in [0.15, 0.2) is 48.5 Å². The molecule has 3 rings (SSSR count). The van der Waals surface area contributed by atoms with Gasteiger partial charge >= 0.3 is 18.0 Å². The van der Waals surface area contributed by atoms with Crippen LogP contribution in [0.1, 0.15) is 48.9 Å². The number of aromatic amines is 1. The molecule has 0 bridgehead atoms. The number of fused-ring (bicyclic) bond motifs is 1. The Morgan fingerprint density at radius 1 is 1.08 bits per heavy atom. The summed E-state index contributed by atoms with van der Waals surface area (Å²) in [5.41, 5.74) is 1.42. The summed E-state index contributed by atoms with van der Waals surface area (Å²) in [6, 6.07) is 12.6. The Labute approximate surface area is 213 Å². The summed E-state index contributed by atoms with van der Waals surface area (Å²) >= 11 is 0. The summed E-state index contributed by atoms with van der Waals surface area (Å²) in [5, 5.41) is 13.9. The first-order chi connectivity index (χ1) is 17.5. The quantitative estimate of drug-likeness (QED) is 0.303. The molecule has 0 aliphatic rings. The second-order valence-corrected chi connectivity index (χ2v) is 9.31. The van der Waals surface area contributed by atoms with Crippen LogP contribution in [0, 0.1) is 0 Å². The highest BCUT2D eigenvalue weighted by Gasteiger charge is 2.28. The van der Waals surface area contributed by atoms with Crippen molar-refractivity contribution in [1.29, 1.82) is 0 Å². The fourth-order valence-electron chi connectivity index (χ4n) is 3.32. The van der Waals surface area contributed by atoms with Gasteiger partial charge in [0.25, 0.3) is 5.91 Å². The zero-order chi connectivity index (χ0) is 27.0. The third-order valence-electron chi connectivity index (χ3n) is 5.03. The van der Waals surface area contributed by atoms with Crippen LogP contribution >= 0.6 is 0 Å². The molecule has 1 aromatic heterocycles. The number of ether oxygens (including phenoxy) is 2. The summed E-state index contributed by atoms with van der Waals surface area (Å²) in [6.07, 6.45) is -0.670. The molecule has 0 spiro atoms. The molecule has 0 saturated heterocycles. The van der Waals surface area contributed by atoms with E-state index >= 15 is 0 Å². The third kappa shape index (κ3) is 8.64. The van der Waals surface area contributed by atoms with Crippen LogP contribution < -0.4 is 10.6 Å². The van der Waals surface area contributed by atoms with E-state index in [1.54, 1.807) is 51.1 Å². The summed E-state index contributed by atoms with van der Waals surface area (Å²) in [4.78, 5) is 56.0. The molecule has 1 unspecified atom stereocenters. The Morgan fingerprint density at radius 3 is 2.49 bits per heavy atom. The monoisotopic (exact) mass is 510 g/mol. The lowest BCUT2D eigenvalue weighted by molar-refractivity contribution is -0.157. The van der Waals surface area contributed by atoms with Crippen LogP contribution in [-0.2, 0) is 32.1 Å². The largest absolute Gasteiger partial charge is 0.481 e. The molecule has 0 aliphatic carbocycles. The number of rotatable bonds is 10. The molecule has 2 amide bonds. The minimum absolute atomic E-state index is 0.0126. The van der Waals surface area contributed by atoms with E-state index in [-0.39, 0.29) is 31.6 Å². The van der Waals surface area contributed by atoms with Gasteiger partial charge < -0.3 is 30.2 Å². The number of aromatic nitrogens is 2. The Bertz CT molecular complexity index is 1260. The number of aryl methyl sites for hydroxylation is 1. The van der Waals surface area contributed by atoms with E-state index in [2.05, 4.69) is 20.6 Å². The summed E-state index contributed by atoms with van der Waals surface area (Å²) in [5.74, 6) is -1.65. The number of alkyl carbamates (subject to hydrolysis) is 1. The van der Waals surface area contributed by atoms with Crippen LogP contribution in [0.25, 0.3) is 11.0 Å². The fraction of sp³-hybridized carbons (Fsp3) is 0.346. The molecule has 37 heavy (non-hydrogen) atoms. The highest BCUT2D eigenvalue weighted by Crippen LogP contribution is 2.15. The summed E-state index contributed by atoms with van der Waals surface area (Å²) < 4.78 is 10.6. The zero-order valence-corrected chi connectivity index (χ0v) is 20.9. The maximum Gasteiger partial charge on any atom is 0.408 e. The van der Waals surface area contributed by atoms with E-state index in [1.807, 2.05) is 18.2 Å². The lowest BCUT2D eigenvalue weighted by Crippen LogP contribution is -2.50. The van der Waals surface area contributed by atoms with Crippen LogP contribution in [0.4, 0.5) is 4.79 Å². The van der Waals surface area contributed by atoms with Gasteiger partial charge in [-0.25, -0.2) is 14.6 Å². The van der Waals surface area contributed by atoms with E-state index in [0.717, 1.165) is 5.56 Å². The van der Waals surface area contributed by atoms with Gasteiger partial charge in [-0.3, -0.25) is 9.59 Å². The normalized spacial score (nSPS) is 12.0. The van der Waals surface area contributed by atoms with Crippen molar-refractivity contribution in [2.45, 2.75) is 51.9 Å². The molecule has 11 heteroatoms. The number of carboxylic acids is 1. The second-order valence-electron chi connectivity index (χ2n) is 9.31. The number of amides is 2. The van der Waals surface area contributed by atoms with Gasteiger partial charge in [0.05, 0.1) is 17.5 Å². The number of nitrogens with one attached hydrogen (secondary N) is 3. The number of benzene rings is 2. The van der Waals surface area contributed by atoms with Gasteiger partial charge in [0.2, 0.25) is 0 Å². The minimum Gasteiger partial charge on any atom is -0.481 e. The molecule has 2 aromatic carbocycles. The number of imidazole rings is 1. The Hall–Kier alpha value is -4.41. The highest BCUT2D eigenvalue weighted by atomic mass is 16.6. The Morgan fingerprint density at radius 2 is 1.81 bits per heavy atom. The first-order valence-corrected chi connectivity index (χ1v) is 11.7. The number of aliphatic carboxylic acids is 1. The van der Waals surface area contributed by atoms with Gasteiger partial charge in [-0.2, -0.15) is 0 Å². The molecule has 0 radical (unpaired) electrons. The predicted octanol–water partition coefficient (Wildman–Crippen LogP) is 2.95. The van der Waals surface area contributed by atoms with Crippen molar-refractivity contribution >= 4 is 35.0 Å². The average molecular weight is 511 g/mol. The molecule has 3 aromatic rings. The van der Waals surface area contributed by atoms with E-state index in [1.165, 1.54) is 0 Å². The maximum absolute atomic E-state index is 12.8. The van der Waals surface area contributed by atoms with E-state index in [4.69, 9.17) is 14.6 Å². The van der Waals surface area contributed by atoms with Crippen LogP contribution in [0.3, 0.4) is 0 Å². The summed E-state index contributed by atoms with van der Waals surface area (Å²) in [7, 11) is 0. The number of nitrogens with zero attached hydrogens (tertiary/aromatic N) is 1. The lowest BCUT2D eigenvalue weighted by Gasteiger charge is -2.24. The van der Waals surface area contributed by atoms with E-state index in [0.29, 0.717) is 16.9 Å². The fourth-order valence-corrected chi connectivity index (χ4v) is 3.32. The van der Waals surface area contributed by atoms with Gasteiger partial charge in [-0.05, 0) is 44.5 Å². The molecule has 1 heterocycles. The minimum atomic E-state index is -1.19. The topological polar surface area (TPSA) is 160 Å². The molecular weight excluding hydrogens is 480 g/mol. The molecular formula is C26H30N4O7. The first-order valence-electron chi connectivity index (χ1n) is 11.7. The molecule has 1 atom stereocenters. The van der Waals surface area contributed by atoms with E-state index in [9.17, 15) is 19.2 Å². The number of carbonyl (C=O) groups is 4. The van der Waals surface area contributed by atoms with Gasteiger partial charge in [-0.1, -0.05) is 30.3 Å². The smallest absolute Gasteiger partial charge is 0.408 e. The van der Waals surface area contributed by atoms with Gasteiger partial charge in [-0.15, -0.1) is 0 Å². The molecule has 0 aliphatic heterocycles. The number of carbonyl (C=O) groups excluding carboxylic acids is 3. The Kier molecular flexibility index (Phi) is 8.83. The van der Waals surface area contributed by atoms with Crippen molar-refractivity contribution in [2.75, 3.05) is 6.54 Å². The van der Waals surface area contributed by atoms with Crippen molar-refractivity contribution in [2.24, 2.45) is 0 Å². The van der Waals surface area contributed by atoms with Crippen molar-refractivity contribution in [1.82, 2.24) is 20.6 Å². The molecule has 0 fully saturated rings. The standard InChI is InChI=1S/C26H30N4O7/c1-26(2,3)37-24(34)20(30-25(35)36-15-16-7-5-4-6-8-16)14-27-23(33)17-9-10-18-19(13-17)29-21(28-18)11-12-22(31)32/h4-10,13,20H,11-12,14-15H2,1-3H3,(H,27,33)(H,28,29)(H,30,35)(H,31,32). The number of esters is 1. The molecule has 196 valence electrons.